The summed E-state index contributed by atoms with van der Waals surface area (Å²) in [5.41, 5.74) is 0.880. The van der Waals surface area contributed by atoms with E-state index in [9.17, 15) is 24.6 Å². The van der Waals surface area contributed by atoms with Gasteiger partial charge in [-0.25, -0.2) is 4.79 Å². The zero-order chi connectivity index (χ0) is 24.3. The summed E-state index contributed by atoms with van der Waals surface area (Å²) in [5, 5.41) is 29.1. The molecule has 0 aliphatic heterocycles. The number of urea groups is 1. The van der Waals surface area contributed by atoms with Crippen molar-refractivity contribution < 1.29 is 78.9 Å². The molecule has 0 spiro atoms. The van der Waals surface area contributed by atoms with Crippen molar-refractivity contribution in [3.63, 3.8) is 0 Å². The van der Waals surface area contributed by atoms with Crippen molar-refractivity contribution in [3.05, 3.63) is 80.2 Å². The van der Waals surface area contributed by atoms with Gasteiger partial charge in [0.1, 0.15) is 5.69 Å². The summed E-state index contributed by atoms with van der Waals surface area (Å²) in [4.78, 5) is 36.2. The van der Waals surface area contributed by atoms with Crippen LogP contribution in [0.1, 0.15) is 23.6 Å². The Morgan fingerprint density at radius 3 is 2.43 bits per heavy atom. The summed E-state index contributed by atoms with van der Waals surface area (Å²) < 4.78 is 1.17. The minimum absolute atomic E-state index is 0. The largest absolute Gasteiger partial charge is 1.00 e. The van der Waals surface area contributed by atoms with Crippen LogP contribution in [0.3, 0.4) is 0 Å². The van der Waals surface area contributed by atoms with E-state index in [2.05, 4.69) is 10.6 Å². The molecule has 2 N–H and O–H groups in total. The van der Waals surface area contributed by atoms with Crippen LogP contribution in [-0.4, -0.2) is 16.6 Å². The first-order chi connectivity index (χ1) is 15.6. The quantitative estimate of drug-likeness (QED) is 0.322. The van der Waals surface area contributed by atoms with Crippen LogP contribution in [0, 0.1) is 6.92 Å². The first-order valence-electron chi connectivity index (χ1n) is 9.77. The van der Waals surface area contributed by atoms with Gasteiger partial charge in [0.2, 0.25) is 0 Å². The summed E-state index contributed by atoms with van der Waals surface area (Å²) in [6.45, 7) is 1.51. The predicted molar refractivity (Wildman–Crippen MR) is 122 cm³/mol. The van der Waals surface area contributed by atoms with Crippen LogP contribution in [-0.2, 0) is 11.8 Å². The van der Waals surface area contributed by atoms with Crippen molar-refractivity contribution in [2.75, 3.05) is 5.32 Å². The topological polar surface area (TPSA) is 126 Å². The molecule has 172 valence electrons. The molecule has 1 unspecified atom stereocenters. The van der Waals surface area contributed by atoms with Crippen molar-refractivity contribution in [2.24, 2.45) is 7.05 Å². The van der Waals surface area contributed by atoms with Crippen molar-refractivity contribution in [2.45, 2.75) is 19.4 Å². The van der Waals surface area contributed by atoms with E-state index in [1.54, 1.807) is 42.5 Å². The molecule has 0 saturated carbocycles. The van der Waals surface area contributed by atoms with E-state index in [0.717, 1.165) is 0 Å². The zero-order valence-electron chi connectivity index (χ0n) is 19.6. The van der Waals surface area contributed by atoms with Crippen molar-refractivity contribution >= 4 is 40.9 Å². The van der Waals surface area contributed by atoms with Crippen LogP contribution in [0.15, 0.2) is 53.5 Å². The normalized spacial score (nSPS) is 11.0. The Bertz CT molecular complexity index is 1300. The van der Waals surface area contributed by atoms with Crippen LogP contribution in [0.5, 0.6) is 5.75 Å². The summed E-state index contributed by atoms with van der Waals surface area (Å²) in [6, 6.07) is 9.92. The molecule has 1 atom stereocenters. The van der Waals surface area contributed by atoms with E-state index >= 15 is 0 Å². The third-order valence-corrected chi connectivity index (χ3v) is 5.79. The second-order valence-electron chi connectivity index (χ2n) is 7.39. The van der Waals surface area contributed by atoms with Gasteiger partial charge in [-0.3, -0.25) is 4.79 Å². The number of nitrogens with zero attached hydrogens (tertiary/aromatic N) is 1. The summed E-state index contributed by atoms with van der Waals surface area (Å²) in [7, 11) is 1.45. The number of halogens is 2. The fourth-order valence-electron chi connectivity index (χ4n) is 3.37. The molecule has 8 nitrogen and oxygen atoms in total. The molecule has 2 aromatic carbocycles. The molecule has 1 aromatic heterocycles. The van der Waals surface area contributed by atoms with Crippen LogP contribution in [0.4, 0.5) is 10.5 Å². The second kappa shape index (κ2) is 13.7. The number of pyridine rings is 1. The SMILES string of the molecule is Cc1cn(C)c(=O)c(NC(=O)NC(CC(=O)[O-])c2cccc(-c3cccc(Cl)c3Cl)c2)c1[O-].[Na+].[Na+]. The molecule has 35 heavy (non-hydrogen) atoms. The maximum atomic E-state index is 12.6. The van der Waals surface area contributed by atoms with Crippen molar-refractivity contribution in [1.82, 2.24) is 9.88 Å². The Balaban J connectivity index is 0.00000306. The Morgan fingerprint density at radius 1 is 1.11 bits per heavy atom. The summed E-state index contributed by atoms with van der Waals surface area (Å²) in [5.74, 6) is -2.02. The average molecular weight is 534 g/mol. The first-order valence-corrected chi connectivity index (χ1v) is 10.5. The molecule has 0 aliphatic carbocycles. The van der Waals surface area contributed by atoms with Gasteiger partial charge >= 0.3 is 65.1 Å². The fraction of sp³-hybridized carbons (Fsp3) is 0.174. The van der Waals surface area contributed by atoms with Gasteiger partial charge in [-0.05, 0) is 35.7 Å². The number of benzene rings is 2. The van der Waals surface area contributed by atoms with Crippen LogP contribution in [0.2, 0.25) is 10.0 Å². The second-order valence-corrected chi connectivity index (χ2v) is 8.17. The van der Waals surface area contributed by atoms with Crippen LogP contribution < -0.4 is 85.5 Å². The maximum Gasteiger partial charge on any atom is 1.00 e. The molecule has 0 bridgehead atoms. The van der Waals surface area contributed by atoms with E-state index < -0.39 is 41.5 Å². The number of nitrogens with one attached hydrogen (secondary N) is 2. The van der Waals surface area contributed by atoms with Gasteiger partial charge in [0, 0.05) is 31.2 Å². The molecular formula is C23H19Cl2N3Na2O5. The maximum absolute atomic E-state index is 12.6. The molecule has 0 saturated heterocycles. The number of amides is 2. The number of aromatic nitrogens is 1. The van der Waals surface area contributed by atoms with Crippen molar-refractivity contribution in [1.29, 1.82) is 0 Å². The molecule has 1 heterocycles. The van der Waals surface area contributed by atoms with Gasteiger partial charge < -0.3 is 30.2 Å². The summed E-state index contributed by atoms with van der Waals surface area (Å²) >= 11 is 12.4. The number of aliphatic carboxylic acids is 1. The van der Waals surface area contributed by atoms with Gasteiger partial charge in [-0.15, -0.1) is 0 Å². The van der Waals surface area contributed by atoms with Gasteiger partial charge in [0.05, 0.1) is 16.1 Å². The van der Waals surface area contributed by atoms with E-state index in [4.69, 9.17) is 23.2 Å². The number of hydrogen-bond acceptors (Lipinski definition) is 5. The zero-order valence-corrected chi connectivity index (χ0v) is 25.2. The molecule has 3 rings (SSSR count). The standard InChI is InChI=1S/C23H21Cl2N3O5.2Na/c1-12-11-28(2)22(32)20(21(12)31)27-23(33)26-17(10-18(29)30)14-6-3-5-13(9-14)15-7-4-8-16(24)19(15)25;;/h3-9,11,17,31H,10H2,1-2H3,(H,29,30)(H2,26,27,33);;/q;2*+1/p-2. The van der Waals surface area contributed by atoms with Gasteiger partial charge in [0.25, 0.3) is 5.56 Å². The third kappa shape index (κ3) is 7.74. The molecule has 2 amide bonds. The number of anilines is 1. The third-order valence-electron chi connectivity index (χ3n) is 4.97. The molecule has 12 heteroatoms. The minimum Gasteiger partial charge on any atom is -0.871 e. The average Bonchev–Trinajstić information content (AvgIpc) is 2.76. The number of carbonyl (C=O) groups is 2. The smallest absolute Gasteiger partial charge is 0.871 e. The molecule has 0 radical (unpaired) electrons. The van der Waals surface area contributed by atoms with Gasteiger partial charge in [-0.1, -0.05) is 59.3 Å². The Hall–Kier alpha value is -1.49. The number of carboxylic acid groups (broad SMARTS) is 1. The first kappa shape index (κ1) is 31.5. The predicted octanol–water partition coefficient (Wildman–Crippen LogP) is -3.25. The number of aryl methyl sites for hydroxylation is 2. The van der Waals surface area contributed by atoms with Crippen molar-refractivity contribution in [3.8, 4) is 16.9 Å². The van der Waals surface area contributed by atoms with Crippen LogP contribution in [0.25, 0.3) is 11.1 Å². The minimum atomic E-state index is -1.40. The number of carbonyl (C=O) groups excluding carboxylic acids is 2. The van der Waals surface area contributed by atoms with Gasteiger partial charge in [-0.2, -0.15) is 0 Å². The molecule has 0 aliphatic rings. The molecule has 3 aromatic rings. The van der Waals surface area contributed by atoms with Crippen LogP contribution >= 0.6 is 23.2 Å². The van der Waals surface area contributed by atoms with E-state index in [-0.39, 0.29) is 64.7 Å². The Kier molecular flexibility index (Phi) is 12.4. The Labute approximate surface area is 256 Å². The summed E-state index contributed by atoms with van der Waals surface area (Å²) in [6.07, 6.45) is 0.815. The molecule has 0 fully saturated rings. The number of rotatable bonds is 6. The van der Waals surface area contributed by atoms with E-state index in [1.165, 1.54) is 24.7 Å². The van der Waals surface area contributed by atoms with E-state index in [0.29, 0.717) is 26.7 Å². The monoisotopic (exact) mass is 533 g/mol. The van der Waals surface area contributed by atoms with Gasteiger partial charge in [0.15, 0.2) is 0 Å². The Morgan fingerprint density at radius 2 is 1.77 bits per heavy atom. The molecular weight excluding hydrogens is 515 g/mol. The number of hydrogen-bond donors (Lipinski definition) is 2. The fourth-order valence-corrected chi connectivity index (χ4v) is 3.77. The number of carboxylic acids is 1. The van der Waals surface area contributed by atoms with E-state index in [1.807, 2.05) is 0 Å².